The van der Waals surface area contributed by atoms with E-state index in [1.165, 1.54) is 12.5 Å². The molecule has 0 saturated carbocycles. The minimum absolute atomic E-state index is 0.137. The minimum Gasteiger partial charge on any atom is -0.207 e. The number of hydrogen-bond acceptors (Lipinski definition) is 0. The maximum atomic E-state index is 12.9. The molecule has 0 spiro atoms. The molecule has 0 aliphatic heterocycles. The largest absolute Gasteiger partial charge is 0.207 e. The van der Waals surface area contributed by atoms with Crippen LogP contribution in [0.15, 0.2) is 24.3 Å². The Bertz CT molecular complexity index is 296. The van der Waals surface area contributed by atoms with Gasteiger partial charge in [-0.1, -0.05) is 41.9 Å². The Morgan fingerprint density at radius 2 is 2.07 bits per heavy atom. The van der Waals surface area contributed by atoms with Crippen molar-refractivity contribution >= 4 is 15.9 Å². The van der Waals surface area contributed by atoms with E-state index in [-0.39, 0.29) is 5.82 Å². The number of benzene rings is 1. The quantitative estimate of drug-likeness (QED) is 0.689. The summed E-state index contributed by atoms with van der Waals surface area (Å²) in [6.07, 6.45) is 3.19. The van der Waals surface area contributed by atoms with Gasteiger partial charge in [-0.2, -0.15) is 0 Å². The Hall–Kier alpha value is -0.370. The molecule has 2 heteroatoms. The lowest BCUT2D eigenvalue weighted by molar-refractivity contribution is 0.553. The van der Waals surface area contributed by atoms with Crippen molar-refractivity contribution in [2.75, 3.05) is 0 Å². The second-order valence-corrected chi connectivity index (χ2v) is 5.69. The van der Waals surface area contributed by atoms with Gasteiger partial charge in [0, 0.05) is 4.83 Å². The molecule has 0 aliphatic carbocycles. The van der Waals surface area contributed by atoms with Crippen LogP contribution in [0.25, 0.3) is 0 Å². The summed E-state index contributed by atoms with van der Waals surface area (Å²) in [4.78, 5) is 0.542. The molecule has 0 heterocycles. The fraction of sp³-hybridized carbons (Fsp3) is 0.538. The van der Waals surface area contributed by atoms with Crippen LogP contribution in [-0.4, -0.2) is 4.83 Å². The average Bonchev–Trinajstić information content (AvgIpc) is 2.14. The molecule has 15 heavy (non-hydrogen) atoms. The first-order valence-corrected chi connectivity index (χ1v) is 6.38. The zero-order chi connectivity index (χ0) is 11.3. The fourth-order valence-electron chi connectivity index (χ4n) is 1.65. The van der Waals surface area contributed by atoms with Crippen molar-refractivity contribution in [3.8, 4) is 0 Å². The molecule has 0 amide bonds. The highest BCUT2D eigenvalue weighted by atomic mass is 79.9. The maximum Gasteiger partial charge on any atom is 0.123 e. The van der Waals surface area contributed by atoms with E-state index in [1.807, 2.05) is 6.07 Å². The fourth-order valence-corrected chi connectivity index (χ4v) is 2.62. The predicted octanol–water partition coefficient (Wildman–Crippen LogP) is 4.57. The van der Waals surface area contributed by atoms with E-state index in [9.17, 15) is 4.39 Å². The Labute approximate surface area is 100 Å². The number of rotatable bonds is 5. The van der Waals surface area contributed by atoms with Crippen molar-refractivity contribution in [2.45, 2.75) is 37.9 Å². The number of hydrogen-bond donors (Lipinski definition) is 0. The van der Waals surface area contributed by atoms with Crippen LogP contribution in [0.5, 0.6) is 0 Å². The third kappa shape index (κ3) is 5.31. The van der Waals surface area contributed by atoms with Crippen molar-refractivity contribution in [2.24, 2.45) is 5.92 Å². The topological polar surface area (TPSA) is 0 Å². The van der Waals surface area contributed by atoms with Crippen LogP contribution in [0, 0.1) is 11.7 Å². The second kappa shape index (κ2) is 6.26. The van der Waals surface area contributed by atoms with Crippen molar-refractivity contribution in [3.05, 3.63) is 35.6 Å². The molecule has 84 valence electrons. The van der Waals surface area contributed by atoms with Gasteiger partial charge in [0.1, 0.15) is 5.82 Å². The SMILES string of the molecule is CC(C)CC(Br)CCc1cccc(F)c1. The highest BCUT2D eigenvalue weighted by Gasteiger charge is 2.07. The van der Waals surface area contributed by atoms with Gasteiger partial charge in [-0.25, -0.2) is 4.39 Å². The number of aryl methyl sites for hydroxylation is 1. The smallest absolute Gasteiger partial charge is 0.123 e. The standard InChI is InChI=1S/C13H18BrF/c1-10(2)8-12(14)7-6-11-4-3-5-13(15)9-11/h3-5,9-10,12H,6-8H2,1-2H3. The first-order valence-electron chi connectivity index (χ1n) is 5.46. The van der Waals surface area contributed by atoms with E-state index in [2.05, 4.69) is 29.8 Å². The monoisotopic (exact) mass is 272 g/mol. The molecule has 0 fully saturated rings. The number of halogens is 2. The summed E-state index contributed by atoms with van der Waals surface area (Å²) in [5, 5.41) is 0. The van der Waals surface area contributed by atoms with E-state index < -0.39 is 0 Å². The van der Waals surface area contributed by atoms with Crippen LogP contribution in [0.1, 0.15) is 32.3 Å². The van der Waals surface area contributed by atoms with E-state index >= 15 is 0 Å². The van der Waals surface area contributed by atoms with Crippen molar-refractivity contribution in [1.29, 1.82) is 0 Å². The third-order valence-corrected chi connectivity index (χ3v) is 3.19. The van der Waals surface area contributed by atoms with E-state index in [0.29, 0.717) is 10.7 Å². The van der Waals surface area contributed by atoms with Crippen LogP contribution in [0.3, 0.4) is 0 Å². The maximum absolute atomic E-state index is 12.9. The summed E-state index contributed by atoms with van der Waals surface area (Å²) in [7, 11) is 0. The minimum atomic E-state index is -0.137. The summed E-state index contributed by atoms with van der Waals surface area (Å²) in [6, 6.07) is 6.87. The van der Waals surface area contributed by atoms with Gasteiger partial charge in [-0.3, -0.25) is 0 Å². The lowest BCUT2D eigenvalue weighted by Crippen LogP contribution is -2.04. The van der Waals surface area contributed by atoms with Crippen molar-refractivity contribution in [3.63, 3.8) is 0 Å². The van der Waals surface area contributed by atoms with Gasteiger partial charge in [-0.15, -0.1) is 0 Å². The molecule has 0 bridgehead atoms. The summed E-state index contributed by atoms with van der Waals surface area (Å²) in [5.74, 6) is 0.573. The van der Waals surface area contributed by atoms with Gasteiger partial charge in [0.2, 0.25) is 0 Å². The summed E-state index contributed by atoms with van der Waals surface area (Å²) in [6.45, 7) is 4.44. The molecule has 1 unspecified atom stereocenters. The lowest BCUT2D eigenvalue weighted by Gasteiger charge is -2.11. The highest BCUT2D eigenvalue weighted by molar-refractivity contribution is 9.09. The van der Waals surface area contributed by atoms with E-state index in [0.717, 1.165) is 18.4 Å². The molecule has 0 radical (unpaired) electrons. The lowest BCUT2D eigenvalue weighted by atomic mass is 10.0. The van der Waals surface area contributed by atoms with Crippen molar-refractivity contribution < 1.29 is 4.39 Å². The van der Waals surface area contributed by atoms with Crippen molar-refractivity contribution in [1.82, 2.24) is 0 Å². The summed E-state index contributed by atoms with van der Waals surface area (Å²) in [5.41, 5.74) is 1.09. The first kappa shape index (κ1) is 12.7. The van der Waals surface area contributed by atoms with E-state index in [1.54, 1.807) is 12.1 Å². The molecule has 0 nitrogen and oxygen atoms in total. The molecule has 1 rings (SSSR count). The van der Waals surface area contributed by atoms with Gasteiger partial charge in [0.15, 0.2) is 0 Å². The van der Waals surface area contributed by atoms with Crippen LogP contribution in [-0.2, 0) is 6.42 Å². The van der Waals surface area contributed by atoms with Crippen LogP contribution >= 0.6 is 15.9 Å². The van der Waals surface area contributed by atoms with Gasteiger partial charge in [0.05, 0.1) is 0 Å². The first-order chi connectivity index (χ1) is 7.08. The van der Waals surface area contributed by atoms with Crippen LogP contribution in [0.2, 0.25) is 0 Å². The molecule has 1 atom stereocenters. The Kier molecular flexibility index (Phi) is 5.30. The Morgan fingerprint density at radius 3 is 2.67 bits per heavy atom. The molecule has 0 saturated heterocycles. The highest BCUT2D eigenvalue weighted by Crippen LogP contribution is 2.18. The summed E-state index contributed by atoms with van der Waals surface area (Å²) >= 11 is 3.66. The van der Waals surface area contributed by atoms with E-state index in [4.69, 9.17) is 0 Å². The molecule has 0 aliphatic rings. The Balaban J connectivity index is 2.36. The van der Waals surface area contributed by atoms with Gasteiger partial charge in [0.25, 0.3) is 0 Å². The molecule has 1 aromatic rings. The molecule has 0 aromatic heterocycles. The van der Waals surface area contributed by atoms with Gasteiger partial charge < -0.3 is 0 Å². The molecule has 1 aromatic carbocycles. The zero-order valence-electron chi connectivity index (χ0n) is 9.34. The summed E-state index contributed by atoms with van der Waals surface area (Å²) < 4.78 is 12.9. The molecular weight excluding hydrogens is 255 g/mol. The average molecular weight is 273 g/mol. The van der Waals surface area contributed by atoms with Gasteiger partial charge >= 0.3 is 0 Å². The predicted molar refractivity (Wildman–Crippen MR) is 66.9 cm³/mol. The Morgan fingerprint density at radius 1 is 1.33 bits per heavy atom. The third-order valence-electron chi connectivity index (χ3n) is 2.36. The molecular formula is C13H18BrF. The van der Waals surface area contributed by atoms with Gasteiger partial charge in [-0.05, 0) is 42.9 Å². The number of alkyl halides is 1. The zero-order valence-corrected chi connectivity index (χ0v) is 10.9. The normalized spacial score (nSPS) is 13.1. The molecule has 0 N–H and O–H groups in total. The van der Waals surface area contributed by atoms with Crippen LogP contribution in [0.4, 0.5) is 4.39 Å². The second-order valence-electron chi connectivity index (χ2n) is 4.40. The van der Waals surface area contributed by atoms with Crippen LogP contribution < -0.4 is 0 Å².